The quantitative estimate of drug-likeness (QED) is 0.824. The van der Waals surface area contributed by atoms with E-state index in [1.165, 1.54) is 25.7 Å². The zero-order valence-corrected chi connectivity index (χ0v) is 13.2. The van der Waals surface area contributed by atoms with Crippen molar-refractivity contribution in [3.05, 3.63) is 23.9 Å². The number of nitrogens with one attached hydrogen (secondary N) is 1. The van der Waals surface area contributed by atoms with Crippen molar-refractivity contribution in [3.8, 4) is 0 Å². The SMILES string of the molecule is CCN(c1cccc(CNCC(C)C)n1)C1CCCC1. The van der Waals surface area contributed by atoms with Gasteiger partial charge in [-0.3, -0.25) is 0 Å². The minimum atomic E-state index is 0.684. The smallest absolute Gasteiger partial charge is 0.129 e. The molecule has 1 saturated carbocycles. The van der Waals surface area contributed by atoms with E-state index in [0.29, 0.717) is 12.0 Å². The number of rotatable bonds is 7. The normalized spacial score (nSPS) is 16.0. The van der Waals surface area contributed by atoms with E-state index in [1.54, 1.807) is 0 Å². The summed E-state index contributed by atoms with van der Waals surface area (Å²) in [5.41, 5.74) is 1.15. The first kappa shape index (κ1) is 15.3. The summed E-state index contributed by atoms with van der Waals surface area (Å²) in [4.78, 5) is 7.33. The summed E-state index contributed by atoms with van der Waals surface area (Å²) in [5.74, 6) is 1.84. The summed E-state index contributed by atoms with van der Waals surface area (Å²) in [6, 6.07) is 7.13. The molecule has 1 heterocycles. The van der Waals surface area contributed by atoms with Gasteiger partial charge in [-0.15, -0.1) is 0 Å². The predicted octanol–water partition coefficient (Wildman–Crippen LogP) is 3.60. The summed E-state index contributed by atoms with van der Waals surface area (Å²) in [5, 5.41) is 3.47. The Morgan fingerprint density at radius 2 is 2.05 bits per heavy atom. The lowest BCUT2D eigenvalue weighted by Gasteiger charge is -2.29. The highest BCUT2D eigenvalue weighted by atomic mass is 15.2. The summed E-state index contributed by atoms with van der Waals surface area (Å²) >= 11 is 0. The molecule has 2 rings (SSSR count). The van der Waals surface area contributed by atoms with Crippen molar-refractivity contribution >= 4 is 5.82 Å². The maximum atomic E-state index is 4.85. The highest BCUT2D eigenvalue weighted by Gasteiger charge is 2.22. The van der Waals surface area contributed by atoms with Crippen LogP contribution in [0.1, 0.15) is 52.1 Å². The van der Waals surface area contributed by atoms with Crippen molar-refractivity contribution in [2.45, 2.75) is 59.0 Å². The Hall–Kier alpha value is -1.09. The van der Waals surface area contributed by atoms with E-state index in [2.05, 4.69) is 49.2 Å². The largest absolute Gasteiger partial charge is 0.354 e. The zero-order chi connectivity index (χ0) is 14.4. The topological polar surface area (TPSA) is 28.2 Å². The van der Waals surface area contributed by atoms with Crippen LogP contribution < -0.4 is 10.2 Å². The van der Waals surface area contributed by atoms with E-state index < -0.39 is 0 Å². The third-order valence-corrected chi connectivity index (χ3v) is 4.05. The molecule has 0 atom stereocenters. The van der Waals surface area contributed by atoms with Gasteiger partial charge in [0, 0.05) is 19.1 Å². The van der Waals surface area contributed by atoms with Gasteiger partial charge in [0.15, 0.2) is 0 Å². The molecule has 0 spiro atoms. The summed E-state index contributed by atoms with van der Waals surface area (Å²) in [6.45, 7) is 9.68. The molecule has 0 saturated heterocycles. The van der Waals surface area contributed by atoms with Crippen molar-refractivity contribution < 1.29 is 0 Å². The Kier molecular flexibility index (Phi) is 5.84. The average molecular weight is 275 g/mol. The van der Waals surface area contributed by atoms with E-state index in [1.807, 2.05) is 0 Å². The standard InChI is InChI=1S/C17H29N3/c1-4-20(16-9-5-6-10-16)17-11-7-8-15(19-17)13-18-12-14(2)3/h7-8,11,14,16,18H,4-6,9-10,12-13H2,1-3H3. The fraction of sp³-hybridized carbons (Fsp3) is 0.706. The van der Waals surface area contributed by atoms with Crippen LogP contribution in [-0.2, 0) is 6.54 Å². The van der Waals surface area contributed by atoms with Gasteiger partial charge in [0.2, 0.25) is 0 Å². The third kappa shape index (κ3) is 4.20. The Morgan fingerprint density at radius 1 is 1.30 bits per heavy atom. The minimum absolute atomic E-state index is 0.684. The second-order valence-corrected chi connectivity index (χ2v) is 6.24. The Balaban J connectivity index is 1.99. The third-order valence-electron chi connectivity index (χ3n) is 4.05. The van der Waals surface area contributed by atoms with E-state index in [0.717, 1.165) is 31.1 Å². The number of hydrogen-bond acceptors (Lipinski definition) is 3. The molecule has 0 aromatic carbocycles. The van der Waals surface area contributed by atoms with Crippen LogP contribution >= 0.6 is 0 Å². The first-order valence-electron chi connectivity index (χ1n) is 8.14. The molecule has 1 fully saturated rings. The van der Waals surface area contributed by atoms with Gasteiger partial charge >= 0.3 is 0 Å². The number of nitrogens with zero attached hydrogens (tertiary/aromatic N) is 2. The molecule has 3 heteroatoms. The summed E-state index contributed by atoms with van der Waals surface area (Å²) in [7, 11) is 0. The van der Waals surface area contributed by atoms with Gasteiger partial charge in [-0.2, -0.15) is 0 Å². The highest BCUT2D eigenvalue weighted by Crippen LogP contribution is 2.26. The van der Waals surface area contributed by atoms with Crippen molar-refractivity contribution in [3.63, 3.8) is 0 Å². The summed E-state index contributed by atoms with van der Waals surface area (Å²) in [6.07, 6.45) is 5.39. The number of anilines is 1. The molecular formula is C17H29N3. The lowest BCUT2D eigenvalue weighted by atomic mass is 10.2. The fourth-order valence-electron chi connectivity index (χ4n) is 3.04. The van der Waals surface area contributed by atoms with Gasteiger partial charge < -0.3 is 10.2 Å². The van der Waals surface area contributed by atoms with Crippen LogP contribution in [0.2, 0.25) is 0 Å². The van der Waals surface area contributed by atoms with Gasteiger partial charge in [-0.05, 0) is 44.4 Å². The van der Waals surface area contributed by atoms with Crippen molar-refractivity contribution in [2.24, 2.45) is 5.92 Å². The van der Waals surface area contributed by atoms with Crippen LogP contribution in [0, 0.1) is 5.92 Å². The Labute approximate surface area is 123 Å². The fourth-order valence-corrected chi connectivity index (χ4v) is 3.04. The van der Waals surface area contributed by atoms with Crippen molar-refractivity contribution in [1.29, 1.82) is 0 Å². The highest BCUT2D eigenvalue weighted by molar-refractivity contribution is 5.40. The molecule has 112 valence electrons. The number of hydrogen-bond donors (Lipinski definition) is 1. The average Bonchev–Trinajstić information content (AvgIpc) is 2.94. The van der Waals surface area contributed by atoms with E-state index in [9.17, 15) is 0 Å². The molecule has 1 N–H and O–H groups in total. The molecule has 20 heavy (non-hydrogen) atoms. The predicted molar refractivity (Wildman–Crippen MR) is 86.1 cm³/mol. The molecular weight excluding hydrogens is 246 g/mol. The first-order chi connectivity index (χ1) is 9.70. The van der Waals surface area contributed by atoms with Crippen LogP contribution in [0.15, 0.2) is 18.2 Å². The van der Waals surface area contributed by atoms with Gasteiger partial charge in [0.05, 0.1) is 5.69 Å². The molecule has 0 radical (unpaired) electrons. The van der Waals surface area contributed by atoms with E-state index >= 15 is 0 Å². The maximum absolute atomic E-state index is 4.85. The molecule has 0 unspecified atom stereocenters. The van der Waals surface area contributed by atoms with Crippen LogP contribution in [0.4, 0.5) is 5.82 Å². The maximum Gasteiger partial charge on any atom is 0.129 e. The molecule has 1 aliphatic carbocycles. The number of pyridine rings is 1. The molecule has 1 aromatic heterocycles. The monoisotopic (exact) mass is 275 g/mol. The van der Waals surface area contributed by atoms with Crippen molar-refractivity contribution in [1.82, 2.24) is 10.3 Å². The second kappa shape index (κ2) is 7.63. The molecule has 0 amide bonds. The zero-order valence-electron chi connectivity index (χ0n) is 13.2. The van der Waals surface area contributed by atoms with E-state index in [4.69, 9.17) is 4.98 Å². The molecule has 3 nitrogen and oxygen atoms in total. The summed E-state index contributed by atoms with van der Waals surface area (Å²) < 4.78 is 0. The van der Waals surface area contributed by atoms with Gasteiger partial charge in [-0.1, -0.05) is 32.8 Å². The number of aromatic nitrogens is 1. The first-order valence-corrected chi connectivity index (χ1v) is 8.14. The van der Waals surface area contributed by atoms with Crippen LogP contribution in [-0.4, -0.2) is 24.1 Å². The lowest BCUT2D eigenvalue weighted by Crippen LogP contribution is -2.34. The van der Waals surface area contributed by atoms with Crippen LogP contribution in [0.5, 0.6) is 0 Å². The van der Waals surface area contributed by atoms with E-state index in [-0.39, 0.29) is 0 Å². The molecule has 0 aliphatic heterocycles. The Morgan fingerprint density at radius 3 is 2.70 bits per heavy atom. The van der Waals surface area contributed by atoms with Gasteiger partial charge in [0.1, 0.15) is 5.82 Å². The molecule has 0 bridgehead atoms. The van der Waals surface area contributed by atoms with Gasteiger partial charge in [-0.25, -0.2) is 4.98 Å². The molecule has 1 aliphatic rings. The van der Waals surface area contributed by atoms with Crippen LogP contribution in [0.3, 0.4) is 0 Å². The van der Waals surface area contributed by atoms with Crippen molar-refractivity contribution in [2.75, 3.05) is 18.0 Å². The molecule has 1 aromatic rings. The minimum Gasteiger partial charge on any atom is -0.354 e. The van der Waals surface area contributed by atoms with Gasteiger partial charge in [0.25, 0.3) is 0 Å². The second-order valence-electron chi connectivity index (χ2n) is 6.24. The Bertz CT molecular complexity index is 397. The lowest BCUT2D eigenvalue weighted by molar-refractivity contribution is 0.547. The van der Waals surface area contributed by atoms with Crippen LogP contribution in [0.25, 0.3) is 0 Å².